The van der Waals surface area contributed by atoms with Gasteiger partial charge in [0.15, 0.2) is 0 Å². The SMILES string of the molecule is Cc1ccc(-c2c(C)noc2C)cc1N(CC1CCC(CO)CC1)c1ccc(C#N)c(Cl)c1. The maximum atomic E-state index is 9.53. The van der Waals surface area contributed by atoms with Crippen molar-refractivity contribution < 1.29 is 9.63 Å². The van der Waals surface area contributed by atoms with Gasteiger partial charge in [0.1, 0.15) is 11.8 Å². The van der Waals surface area contributed by atoms with Crippen LogP contribution in [0.15, 0.2) is 40.9 Å². The minimum atomic E-state index is 0.278. The van der Waals surface area contributed by atoms with Crippen molar-refractivity contribution in [2.45, 2.75) is 46.5 Å². The molecule has 172 valence electrons. The van der Waals surface area contributed by atoms with Crippen LogP contribution in [0.2, 0.25) is 5.02 Å². The van der Waals surface area contributed by atoms with Gasteiger partial charge in [-0.15, -0.1) is 0 Å². The Hall–Kier alpha value is -2.81. The minimum absolute atomic E-state index is 0.278. The van der Waals surface area contributed by atoms with Crippen LogP contribution in [0.4, 0.5) is 11.4 Å². The molecule has 1 saturated carbocycles. The molecule has 3 aromatic rings. The molecule has 0 saturated heterocycles. The Kier molecular flexibility index (Phi) is 7.07. The second-order valence-corrected chi connectivity index (χ2v) is 9.56. The van der Waals surface area contributed by atoms with E-state index in [2.05, 4.69) is 41.2 Å². The molecule has 6 heteroatoms. The van der Waals surface area contributed by atoms with Gasteiger partial charge in [0.25, 0.3) is 0 Å². The predicted molar refractivity (Wildman–Crippen MR) is 132 cm³/mol. The molecule has 0 aliphatic heterocycles. The smallest absolute Gasteiger partial charge is 0.141 e. The summed E-state index contributed by atoms with van der Waals surface area (Å²) in [6.07, 6.45) is 4.30. The fourth-order valence-corrected chi connectivity index (χ4v) is 5.13. The number of anilines is 2. The molecule has 33 heavy (non-hydrogen) atoms. The highest BCUT2D eigenvalue weighted by Gasteiger charge is 2.25. The molecule has 0 atom stereocenters. The summed E-state index contributed by atoms with van der Waals surface area (Å²) in [6, 6.07) is 14.3. The molecule has 0 radical (unpaired) electrons. The average Bonchev–Trinajstić information content (AvgIpc) is 3.16. The molecule has 1 aromatic heterocycles. The van der Waals surface area contributed by atoms with Crippen molar-refractivity contribution in [3.05, 3.63) is 64.0 Å². The third-order valence-corrected chi connectivity index (χ3v) is 7.18. The lowest BCUT2D eigenvalue weighted by molar-refractivity contribution is 0.169. The maximum Gasteiger partial charge on any atom is 0.141 e. The molecule has 4 rings (SSSR count). The molecule has 2 aromatic carbocycles. The number of nitrogens with zero attached hydrogens (tertiary/aromatic N) is 3. The Labute approximate surface area is 200 Å². The van der Waals surface area contributed by atoms with E-state index in [9.17, 15) is 10.4 Å². The van der Waals surface area contributed by atoms with Crippen LogP contribution in [-0.4, -0.2) is 23.4 Å². The highest BCUT2D eigenvalue weighted by molar-refractivity contribution is 6.32. The van der Waals surface area contributed by atoms with Gasteiger partial charge in [-0.3, -0.25) is 0 Å². The number of benzene rings is 2. The van der Waals surface area contributed by atoms with Gasteiger partial charge in [-0.25, -0.2) is 0 Å². The molecular formula is C27H30ClN3O2. The molecule has 0 bridgehead atoms. The van der Waals surface area contributed by atoms with Crippen LogP contribution in [0.25, 0.3) is 11.1 Å². The molecule has 0 amide bonds. The minimum Gasteiger partial charge on any atom is -0.396 e. The number of aliphatic hydroxyl groups is 1. The Morgan fingerprint density at radius 3 is 2.42 bits per heavy atom. The highest BCUT2D eigenvalue weighted by Crippen LogP contribution is 2.38. The highest BCUT2D eigenvalue weighted by atomic mass is 35.5. The van der Waals surface area contributed by atoms with E-state index in [0.29, 0.717) is 22.4 Å². The van der Waals surface area contributed by atoms with E-state index >= 15 is 0 Å². The summed E-state index contributed by atoms with van der Waals surface area (Å²) in [4.78, 5) is 2.33. The maximum absolute atomic E-state index is 9.53. The Balaban J connectivity index is 1.75. The van der Waals surface area contributed by atoms with E-state index in [1.54, 1.807) is 6.07 Å². The number of halogens is 1. The van der Waals surface area contributed by atoms with Crippen molar-refractivity contribution in [1.82, 2.24) is 5.16 Å². The summed E-state index contributed by atoms with van der Waals surface area (Å²) in [5, 5.41) is 23.5. The normalized spacial score (nSPS) is 18.2. The molecule has 1 aliphatic rings. The zero-order chi connectivity index (χ0) is 23.5. The second-order valence-electron chi connectivity index (χ2n) is 9.16. The molecule has 1 heterocycles. The first kappa shape index (κ1) is 23.4. The van der Waals surface area contributed by atoms with E-state index in [-0.39, 0.29) is 6.61 Å². The van der Waals surface area contributed by atoms with E-state index in [1.165, 1.54) is 0 Å². The fraction of sp³-hybridized carbons (Fsp3) is 0.407. The number of nitriles is 1. The third-order valence-electron chi connectivity index (χ3n) is 6.87. The lowest BCUT2D eigenvalue weighted by Gasteiger charge is -2.34. The summed E-state index contributed by atoms with van der Waals surface area (Å²) >= 11 is 6.44. The standard InChI is InChI=1S/C27H30ClN3O2/c1-17-4-9-22(27-18(2)30-33-19(27)3)12-26(17)31(15-20-5-7-21(16-32)8-6-20)24-11-10-23(14-29)25(28)13-24/h4,9-13,20-21,32H,5-8,15-16H2,1-3H3. The van der Waals surface area contributed by atoms with Crippen LogP contribution in [0.5, 0.6) is 0 Å². The number of aliphatic hydroxyl groups excluding tert-OH is 1. The topological polar surface area (TPSA) is 73.3 Å². The summed E-state index contributed by atoms with van der Waals surface area (Å²) in [5.74, 6) is 1.74. The van der Waals surface area contributed by atoms with Crippen LogP contribution < -0.4 is 4.90 Å². The van der Waals surface area contributed by atoms with E-state index in [0.717, 1.165) is 71.7 Å². The monoisotopic (exact) mass is 463 g/mol. The first-order valence-corrected chi connectivity index (χ1v) is 11.9. The van der Waals surface area contributed by atoms with Gasteiger partial charge in [0, 0.05) is 30.1 Å². The number of hydrogen-bond donors (Lipinski definition) is 1. The summed E-state index contributed by atoms with van der Waals surface area (Å²) in [5.41, 5.74) is 6.69. The Bertz CT molecular complexity index is 1150. The summed E-state index contributed by atoms with van der Waals surface area (Å²) < 4.78 is 5.42. The quantitative estimate of drug-likeness (QED) is 0.438. The first-order valence-electron chi connectivity index (χ1n) is 11.5. The van der Waals surface area contributed by atoms with Crippen molar-refractivity contribution in [1.29, 1.82) is 5.26 Å². The van der Waals surface area contributed by atoms with Crippen molar-refractivity contribution in [2.24, 2.45) is 11.8 Å². The van der Waals surface area contributed by atoms with Crippen LogP contribution in [0, 0.1) is 43.9 Å². The van der Waals surface area contributed by atoms with Crippen molar-refractivity contribution in [3.8, 4) is 17.2 Å². The van der Waals surface area contributed by atoms with Gasteiger partial charge >= 0.3 is 0 Å². The molecule has 5 nitrogen and oxygen atoms in total. The van der Waals surface area contributed by atoms with Crippen LogP contribution in [-0.2, 0) is 0 Å². The summed E-state index contributed by atoms with van der Waals surface area (Å²) in [6.45, 7) is 7.15. The lowest BCUT2D eigenvalue weighted by atomic mass is 9.82. The van der Waals surface area contributed by atoms with Gasteiger partial charge in [-0.05, 0) is 93.7 Å². The Morgan fingerprint density at radius 2 is 1.82 bits per heavy atom. The largest absolute Gasteiger partial charge is 0.396 e. The van der Waals surface area contributed by atoms with Gasteiger partial charge < -0.3 is 14.5 Å². The number of aryl methyl sites for hydroxylation is 3. The van der Waals surface area contributed by atoms with Gasteiger partial charge in [0.2, 0.25) is 0 Å². The summed E-state index contributed by atoms with van der Waals surface area (Å²) in [7, 11) is 0. The van der Waals surface area contributed by atoms with Crippen LogP contribution in [0.1, 0.15) is 48.3 Å². The lowest BCUT2D eigenvalue weighted by Crippen LogP contribution is -2.29. The number of rotatable bonds is 6. The van der Waals surface area contributed by atoms with E-state index < -0.39 is 0 Å². The van der Waals surface area contributed by atoms with Crippen LogP contribution >= 0.6 is 11.6 Å². The van der Waals surface area contributed by atoms with Gasteiger partial charge in [0.05, 0.1) is 16.3 Å². The number of hydrogen-bond acceptors (Lipinski definition) is 5. The van der Waals surface area contributed by atoms with E-state index in [1.807, 2.05) is 26.0 Å². The third kappa shape index (κ3) is 4.93. The number of aromatic nitrogens is 1. The van der Waals surface area contributed by atoms with Crippen molar-refractivity contribution in [3.63, 3.8) is 0 Å². The van der Waals surface area contributed by atoms with E-state index in [4.69, 9.17) is 16.1 Å². The van der Waals surface area contributed by atoms with Crippen molar-refractivity contribution >= 4 is 23.0 Å². The molecule has 1 aliphatic carbocycles. The molecule has 0 unspecified atom stereocenters. The van der Waals surface area contributed by atoms with Gasteiger partial charge in [-0.1, -0.05) is 28.9 Å². The first-order chi connectivity index (χ1) is 15.9. The molecule has 0 spiro atoms. The zero-order valence-corrected chi connectivity index (χ0v) is 20.2. The zero-order valence-electron chi connectivity index (χ0n) is 19.4. The molecule has 1 fully saturated rings. The Morgan fingerprint density at radius 1 is 1.09 bits per heavy atom. The molecule has 1 N–H and O–H groups in total. The molecular weight excluding hydrogens is 434 g/mol. The average molecular weight is 464 g/mol. The van der Waals surface area contributed by atoms with Crippen LogP contribution in [0.3, 0.4) is 0 Å². The van der Waals surface area contributed by atoms with Crippen molar-refractivity contribution in [2.75, 3.05) is 18.1 Å². The second kappa shape index (κ2) is 9.99. The predicted octanol–water partition coefficient (Wildman–Crippen LogP) is 6.73. The van der Waals surface area contributed by atoms with Gasteiger partial charge in [-0.2, -0.15) is 5.26 Å². The fourth-order valence-electron chi connectivity index (χ4n) is 4.91.